The Kier molecular flexibility index (Phi) is 5.21. The molecule has 0 spiro atoms. The number of carbonyl (C=O) groups excluding carboxylic acids is 2. The zero-order valence-corrected chi connectivity index (χ0v) is 13.8. The highest BCUT2D eigenvalue weighted by atomic mass is 16.5. The molecule has 22 heavy (non-hydrogen) atoms. The van der Waals surface area contributed by atoms with Gasteiger partial charge in [-0.1, -0.05) is 6.92 Å². The summed E-state index contributed by atoms with van der Waals surface area (Å²) in [5.41, 5.74) is 1.14. The summed E-state index contributed by atoms with van der Waals surface area (Å²) in [4.78, 5) is 25.9. The number of amides is 1. The van der Waals surface area contributed by atoms with Crippen molar-refractivity contribution in [1.29, 1.82) is 0 Å². The summed E-state index contributed by atoms with van der Waals surface area (Å²) in [6.07, 6.45) is 5.82. The van der Waals surface area contributed by atoms with Gasteiger partial charge in [0.2, 0.25) is 0 Å². The van der Waals surface area contributed by atoms with E-state index in [9.17, 15) is 9.59 Å². The van der Waals surface area contributed by atoms with Gasteiger partial charge in [-0.2, -0.15) is 5.10 Å². The molecule has 0 unspecified atom stereocenters. The van der Waals surface area contributed by atoms with Crippen LogP contribution in [-0.2, 0) is 16.6 Å². The zero-order valence-electron chi connectivity index (χ0n) is 13.8. The van der Waals surface area contributed by atoms with E-state index in [1.165, 1.54) is 6.20 Å². The predicted molar refractivity (Wildman–Crippen MR) is 82.4 cm³/mol. The Bertz CT molecular complexity index is 545. The first-order valence-electron chi connectivity index (χ1n) is 7.81. The van der Waals surface area contributed by atoms with Crippen molar-refractivity contribution in [2.45, 2.75) is 45.6 Å². The maximum atomic E-state index is 12.2. The molecule has 1 heterocycles. The van der Waals surface area contributed by atoms with Crippen LogP contribution < -0.4 is 0 Å². The monoisotopic (exact) mass is 307 g/mol. The minimum atomic E-state index is -0.496. The van der Waals surface area contributed by atoms with E-state index in [0.717, 1.165) is 37.3 Å². The van der Waals surface area contributed by atoms with Crippen LogP contribution >= 0.6 is 0 Å². The van der Waals surface area contributed by atoms with E-state index in [4.69, 9.17) is 4.74 Å². The first-order valence-corrected chi connectivity index (χ1v) is 7.81. The molecule has 0 saturated heterocycles. The lowest BCUT2D eigenvalue weighted by Crippen LogP contribution is -2.41. The van der Waals surface area contributed by atoms with Gasteiger partial charge in [0, 0.05) is 25.8 Å². The highest BCUT2D eigenvalue weighted by molar-refractivity contribution is 5.92. The Morgan fingerprint density at radius 2 is 2.00 bits per heavy atom. The van der Waals surface area contributed by atoms with Crippen molar-refractivity contribution in [2.24, 2.45) is 13.0 Å². The van der Waals surface area contributed by atoms with Gasteiger partial charge in [0.25, 0.3) is 5.91 Å². The number of nitrogens with zero attached hydrogens (tertiary/aromatic N) is 3. The quantitative estimate of drug-likeness (QED) is 0.797. The Hall–Kier alpha value is -1.85. The van der Waals surface area contributed by atoms with Crippen LogP contribution in [0.2, 0.25) is 0 Å². The van der Waals surface area contributed by atoms with Gasteiger partial charge in [0.1, 0.15) is 5.56 Å². The third kappa shape index (κ3) is 3.67. The maximum absolute atomic E-state index is 12.2. The van der Waals surface area contributed by atoms with Crippen LogP contribution in [0, 0.1) is 12.8 Å². The summed E-state index contributed by atoms with van der Waals surface area (Å²) in [6, 6.07) is 0.266. The predicted octanol–water partition coefficient (Wildman–Crippen LogP) is 1.92. The van der Waals surface area contributed by atoms with Crippen molar-refractivity contribution in [3.8, 4) is 0 Å². The molecule has 1 aromatic heterocycles. The van der Waals surface area contributed by atoms with Crippen LogP contribution in [0.25, 0.3) is 0 Å². The van der Waals surface area contributed by atoms with Gasteiger partial charge in [-0.3, -0.25) is 9.48 Å². The van der Waals surface area contributed by atoms with Gasteiger partial charge in [0.15, 0.2) is 6.61 Å². The Morgan fingerprint density at radius 1 is 1.36 bits per heavy atom. The fourth-order valence-corrected chi connectivity index (χ4v) is 2.84. The van der Waals surface area contributed by atoms with E-state index in [2.05, 4.69) is 12.0 Å². The molecule has 1 fully saturated rings. The van der Waals surface area contributed by atoms with Gasteiger partial charge in [0.05, 0.1) is 6.20 Å². The number of carbonyl (C=O) groups is 2. The molecule has 6 heteroatoms. The molecule has 1 aliphatic carbocycles. The molecule has 1 saturated carbocycles. The number of ether oxygens (including phenoxy) is 1. The molecule has 0 bridgehead atoms. The third-order valence-electron chi connectivity index (χ3n) is 4.71. The average molecular weight is 307 g/mol. The topological polar surface area (TPSA) is 64.4 Å². The van der Waals surface area contributed by atoms with Gasteiger partial charge in [-0.15, -0.1) is 0 Å². The number of hydrogen-bond donors (Lipinski definition) is 0. The number of rotatable bonds is 4. The Labute approximate surface area is 131 Å². The Balaban J connectivity index is 1.84. The second kappa shape index (κ2) is 6.94. The molecule has 1 aliphatic rings. The van der Waals surface area contributed by atoms with Crippen LogP contribution in [0.5, 0.6) is 0 Å². The van der Waals surface area contributed by atoms with E-state index in [1.54, 1.807) is 30.6 Å². The first-order chi connectivity index (χ1) is 10.4. The van der Waals surface area contributed by atoms with Crippen molar-refractivity contribution in [2.75, 3.05) is 13.7 Å². The van der Waals surface area contributed by atoms with Gasteiger partial charge in [-0.05, 0) is 38.5 Å². The highest BCUT2D eigenvalue weighted by Crippen LogP contribution is 2.26. The second-order valence-electron chi connectivity index (χ2n) is 6.26. The van der Waals surface area contributed by atoms with Crippen molar-refractivity contribution < 1.29 is 14.3 Å². The van der Waals surface area contributed by atoms with Crippen molar-refractivity contribution in [3.63, 3.8) is 0 Å². The average Bonchev–Trinajstić information content (AvgIpc) is 2.84. The molecule has 122 valence electrons. The van der Waals surface area contributed by atoms with Crippen molar-refractivity contribution >= 4 is 11.9 Å². The minimum absolute atomic E-state index is 0.144. The first kappa shape index (κ1) is 16.5. The normalized spacial score (nSPS) is 21.5. The molecule has 6 nitrogen and oxygen atoms in total. The molecule has 0 N–H and O–H groups in total. The standard InChI is InChI=1S/C16H25N3O3/c1-11-5-7-13(8-6-11)18(3)15(20)10-22-16(21)14-9-17-19(4)12(14)2/h9,11,13H,5-8,10H2,1-4H3. The molecule has 1 aromatic rings. The zero-order chi connectivity index (χ0) is 16.3. The molecular formula is C16H25N3O3. The smallest absolute Gasteiger partial charge is 0.342 e. The molecule has 1 amide bonds. The van der Waals surface area contributed by atoms with Crippen LogP contribution in [0.15, 0.2) is 6.20 Å². The lowest BCUT2D eigenvalue weighted by atomic mass is 9.87. The molecule has 0 aliphatic heterocycles. The largest absolute Gasteiger partial charge is 0.452 e. The summed E-state index contributed by atoms with van der Waals surface area (Å²) in [6.45, 7) is 3.83. The van der Waals surface area contributed by atoms with E-state index in [1.807, 2.05) is 0 Å². The van der Waals surface area contributed by atoms with Crippen molar-refractivity contribution in [1.82, 2.24) is 14.7 Å². The molecule has 0 atom stereocenters. The van der Waals surface area contributed by atoms with Gasteiger partial charge >= 0.3 is 5.97 Å². The third-order valence-corrected chi connectivity index (χ3v) is 4.71. The fraction of sp³-hybridized carbons (Fsp3) is 0.688. The van der Waals surface area contributed by atoms with E-state index in [-0.39, 0.29) is 18.6 Å². The number of esters is 1. The maximum Gasteiger partial charge on any atom is 0.342 e. The lowest BCUT2D eigenvalue weighted by Gasteiger charge is -2.33. The number of aryl methyl sites for hydroxylation is 1. The second-order valence-corrected chi connectivity index (χ2v) is 6.26. The minimum Gasteiger partial charge on any atom is -0.452 e. The molecule has 0 radical (unpaired) electrons. The van der Waals surface area contributed by atoms with Crippen LogP contribution in [-0.4, -0.2) is 46.3 Å². The van der Waals surface area contributed by atoms with E-state index in [0.29, 0.717) is 5.56 Å². The number of aromatic nitrogens is 2. The van der Waals surface area contributed by atoms with Crippen LogP contribution in [0.1, 0.15) is 48.7 Å². The van der Waals surface area contributed by atoms with E-state index >= 15 is 0 Å². The van der Waals surface area contributed by atoms with Crippen LogP contribution in [0.4, 0.5) is 0 Å². The molecular weight excluding hydrogens is 282 g/mol. The highest BCUT2D eigenvalue weighted by Gasteiger charge is 2.25. The van der Waals surface area contributed by atoms with Crippen molar-refractivity contribution in [3.05, 3.63) is 17.5 Å². The summed E-state index contributed by atoms with van der Waals surface area (Å²) in [5.74, 6) is 0.102. The lowest BCUT2D eigenvalue weighted by molar-refractivity contribution is -0.136. The summed E-state index contributed by atoms with van der Waals surface area (Å²) < 4.78 is 6.74. The van der Waals surface area contributed by atoms with Gasteiger partial charge < -0.3 is 9.64 Å². The number of hydrogen-bond acceptors (Lipinski definition) is 4. The van der Waals surface area contributed by atoms with Crippen LogP contribution in [0.3, 0.4) is 0 Å². The fourth-order valence-electron chi connectivity index (χ4n) is 2.84. The van der Waals surface area contributed by atoms with E-state index < -0.39 is 5.97 Å². The number of likely N-dealkylation sites (N-methyl/N-ethyl adjacent to an activating group) is 1. The molecule has 0 aromatic carbocycles. The summed E-state index contributed by atoms with van der Waals surface area (Å²) >= 11 is 0. The Morgan fingerprint density at radius 3 is 2.55 bits per heavy atom. The molecule has 2 rings (SSSR count). The van der Waals surface area contributed by atoms with Gasteiger partial charge in [-0.25, -0.2) is 4.79 Å². The SMILES string of the molecule is Cc1c(C(=O)OCC(=O)N(C)C2CCC(C)CC2)cnn1C. The summed E-state index contributed by atoms with van der Waals surface area (Å²) in [5, 5.41) is 4.00. The summed E-state index contributed by atoms with van der Waals surface area (Å²) in [7, 11) is 3.56.